The van der Waals surface area contributed by atoms with Gasteiger partial charge >= 0.3 is 0 Å². The molecule has 0 atom stereocenters. The van der Waals surface area contributed by atoms with E-state index < -0.39 is 0 Å². The van der Waals surface area contributed by atoms with Crippen molar-refractivity contribution in [1.82, 2.24) is 4.90 Å². The molecule has 17 heavy (non-hydrogen) atoms. The standard InChI is InChI=1S/C14H17BrN2/c1-17(11-14(10-16)7-8-14)9-6-12-4-2-3-5-13(12)15/h2-5H,6-9,11H2,1H3. The zero-order valence-electron chi connectivity index (χ0n) is 10.1. The zero-order valence-corrected chi connectivity index (χ0v) is 11.7. The summed E-state index contributed by atoms with van der Waals surface area (Å²) in [5, 5.41) is 9.05. The fourth-order valence-electron chi connectivity index (χ4n) is 2.06. The first-order chi connectivity index (χ1) is 8.15. The van der Waals surface area contributed by atoms with Crippen LogP contribution in [0.15, 0.2) is 28.7 Å². The van der Waals surface area contributed by atoms with Crippen LogP contribution in [-0.2, 0) is 6.42 Å². The normalized spacial score (nSPS) is 16.8. The van der Waals surface area contributed by atoms with Crippen LogP contribution < -0.4 is 0 Å². The first kappa shape index (κ1) is 12.6. The molecule has 1 aromatic rings. The van der Waals surface area contributed by atoms with Crippen molar-refractivity contribution in [1.29, 1.82) is 5.26 Å². The van der Waals surface area contributed by atoms with Crippen molar-refractivity contribution in [2.75, 3.05) is 20.1 Å². The van der Waals surface area contributed by atoms with Crippen LogP contribution in [0.4, 0.5) is 0 Å². The molecule has 2 nitrogen and oxygen atoms in total. The topological polar surface area (TPSA) is 27.0 Å². The number of nitriles is 1. The number of likely N-dealkylation sites (N-methyl/N-ethyl adjacent to an activating group) is 1. The van der Waals surface area contributed by atoms with Gasteiger partial charge in [0.1, 0.15) is 0 Å². The van der Waals surface area contributed by atoms with Crippen molar-refractivity contribution < 1.29 is 0 Å². The SMILES string of the molecule is CN(CCc1ccccc1Br)CC1(C#N)CC1. The number of hydrogen-bond acceptors (Lipinski definition) is 2. The van der Waals surface area contributed by atoms with E-state index >= 15 is 0 Å². The third-order valence-corrected chi connectivity index (χ3v) is 4.16. The average molecular weight is 293 g/mol. The Kier molecular flexibility index (Phi) is 3.86. The van der Waals surface area contributed by atoms with E-state index in [1.807, 2.05) is 6.07 Å². The molecule has 3 heteroatoms. The van der Waals surface area contributed by atoms with Gasteiger partial charge in [-0.25, -0.2) is 0 Å². The summed E-state index contributed by atoms with van der Waals surface area (Å²) in [5.41, 5.74) is 1.31. The molecule has 1 saturated carbocycles. The maximum absolute atomic E-state index is 9.05. The molecular weight excluding hydrogens is 276 g/mol. The lowest BCUT2D eigenvalue weighted by Gasteiger charge is -2.19. The Bertz CT molecular complexity index is 432. The Balaban J connectivity index is 1.83. The molecule has 0 spiro atoms. The maximum Gasteiger partial charge on any atom is 0.0703 e. The molecule has 1 aliphatic carbocycles. The van der Waals surface area contributed by atoms with Crippen molar-refractivity contribution in [3.63, 3.8) is 0 Å². The largest absolute Gasteiger partial charge is 0.304 e. The number of nitrogens with zero attached hydrogens (tertiary/aromatic N) is 2. The van der Waals surface area contributed by atoms with E-state index in [0.29, 0.717) is 0 Å². The van der Waals surface area contributed by atoms with Gasteiger partial charge in [-0.15, -0.1) is 0 Å². The van der Waals surface area contributed by atoms with Gasteiger partial charge in [-0.3, -0.25) is 0 Å². The summed E-state index contributed by atoms with van der Waals surface area (Å²) in [6.07, 6.45) is 3.17. The summed E-state index contributed by atoms with van der Waals surface area (Å²) in [7, 11) is 2.11. The summed E-state index contributed by atoms with van der Waals surface area (Å²) < 4.78 is 1.18. The molecule has 0 amide bonds. The van der Waals surface area contributed by atoms with Crippen LogP contribution in [0.25, 0.3) is 0 Å². The Morgan fingerprint density at radius 3 is 2.71 bits per heavy atom. The monoisotopic (exact) mass is 292 g/mol. The van der Waals surface area contributed by atoms with Crippen LogP contribution in [0.2, 0.25) is 0 Å². The first-order valence-electron chi connectivity index (χ1n) is 5.98. The molecule has 1 aliphatic rings. The highest BCUT2D eigenvalue weighted by Gasteiger charge is 2.43. The Labute approximate surface area is 111 Å². The molecular formula is C14H17BrN2. The minimum absolute atomic E-state index is 0.0251. The van der Waals surface area contributed by atoms with Gasteiger partial charge in [0.05, 0.1) is 11.5 Å². The minimum Gasteiger partial charge on any atom is -0.304 e. The van der Waals surface area contributed by atoms with Crippen LogP contribution in [0.3, 0.4) is 0 Å². The second kappa shape index (κ2) is 5.20. The van der Waals surface area contributed by atoms with E-state index in [0.717, 1.165) is 32.4 Å². The first-order valence-corrected chi connectivity index (χ1v) is 6.78. The highest BCUT2D eigenvalue weighted by atomic mass is 79.9. The lowest BCUT2D eigenvalue weighted by Crippen LogP contribution is -2.28. The van der Waals surface area contributed by atoms with E-state index in [4.69, 9.17) is 5.26 Å². The molecule has 0 aliphatic heterocycles. The zero-order chi connectivity index (χ0) is 12.3. The van der Waals surface area contributed by atoms with Crippen LogP contribution in [0.5, 0.6) is 0 Å². The fraction of sp³-hybridized carbons (Fsp3) is 0.500. The van der Waals surface area contributed by atoms with Crippen molar-refractivity contribution in [2.24, 2.45) is 5.41 Å². The van der Waals surface area contributed by atoms with E-state index in [1.54, 1.807) is 0 Å². The predicted molar refractivity (Wildman–Crippen MR) is 72.6 cm³/mol. The molecule has 0 aromatic heterocycles. The summed E-state index contributed by atoms with van der Waals surface area (Å²) in [6, 6.07) is 10.8. The van der Waals surface area contributed by atoms with Gasteiger partial charge in [-0.05, 0) is 37.9 Å². The third-order valence-electron chi connectivity index (χ3n) is 3.38. The van der Waals surface area contributed by atoms with Crippen LogP contribution >= 0.6 is 15.9 Å². The average Bonchev–Trinajstić information content (AvgIpc) is 3.08. The van der Waals surface area contributed by atoms with E-state index in [9.17, 15) is 0 Å². The van der Waals surface area contributed by atoms with E-state index in [-0.39, 0.29) is 5.41 Å². The smallest absolute Gasteiger partial charge is 0.0703 e. The van der Waals surface area contributed by atoms with E-state index in [1.165, 1.54) is 10.0 Å². The molecule has 2 rings (SSSR count). The number of halogens is 1. The lowest BCUT2D eigenvalue weighted by molar-refractivity contribution is 0.297. The van der Waals surface area contributed by atoms with Gasteiger partial charge < -0.3 is 4.90 Å². The van der Waals surface area contributed by atoms with Crippen molar-refractivity contribution in [3.05, 3.63) is 34.3 Å². The molecule has 0 heterocycles. The third kappa shape index (κ3) is 3.31. The summed E-state index contributed by atoms with van der Waals surface area (Å²) >= 11 is 3.56. The van der Waals surface area contributed by atoms with Gasteiger partial charge in [0.2, 0.25) is 0 Å². The molecule has 0 saturated heterocycles. The van der Waals surface area contributed by atoms with E-state index in [2.05, 4.69) is 52.1 Å². The molecule has 0 unspecified atom stereocenters. The van der Waals surface area contributed by atoms with Gasteiger partial charge in [0, 0.05) is 17.6 Å². The second-order valence-corrected chi connectivity index (χ2v) is 5.83. The quantitative estimate of drug-likeness (QED) is 0.833. The van der Waals surface area contributed by atoms with Gasteiger partial charge in [0.15, 0.2) is 0 Å². The maximum atomic E-state index is 9.05. The number of hydrogen-bond donors (Lipinski definition) is 0. The highest BCUT2D eigenvalue weighted by molar-refractivity contribution is 9.10. The summed E-state index contributed by atoms with van der Waals surface area (Å²) in [4.78, 5) is 2.27. The molecule has 0 bridgehead atoms. The minimum atomic E-state index is -0.0251. The molecule has 0 radical (unpaired) electrons. The van der Waals surface area contributed by atoms with Crippen LogP contribution in [-0.4, -0.2) is 25.0 Å². The second-order valence-electron chi connectivity index (χ2n) is 4.97. The Morgan fingerprint density at radius 2 is 2.12 bits per heavy atom. The number of benzene rings is 1. The molecule has 0 N–H and O–H groups in total. The van der Waals surface area contributed by atoms with Crippen molar-refractivity contribution >= 4 is 15.9 Å². The summed E-state index contributed by atoms with van der Waals surface area (Å²) in [5.74, 6) is 0. The molecule has 1 fully saturated rings. The molecule has 1 aromatic carbocycles. The predicted octanol–water partition coefficient (Wildman–Crippen LogP) is 3.23. The van der Waals surface area contributed by atoms with Crippen molar-refractivity contribution in [2.45, 2.75) is 19.3 Å². The molecule has 90 valence electrons. The fourth-order valence-corrected chi connectivity index (χ4v) is 2.55. The van der Waals surface area contributed by atoms with Gasteiger partial charge in [-0.2, -0.15) is 5.26 Å². The van der Waals surface area contributed by atoms with Gasteiger partial charge in [0.25, 0.3) is 0 Å². The Hall–Kier alpha value is -0.850. The summed E-state index contributed by atoms with van der Waals surface area (Å²) in [6.45, 7) is 1.92. The van der Waals surface area contributed by atoms with Gasteiger partial charge in [-0.1, -0.05) is 34.1 Å². The lowest BCUT2D eigenvalue weighted by atomic mass is 10.1. The highest BCUT2D eigenvalue weighted by Crippen LogP contribution is 2.45. The number of rotatable bonds is 5. The van der Waals surface area contributed by atoms with Crippen LogP contribution in [0.1, 0.15) is 18.4 Å². The van der Waals surface area contributed by atoms with Crippen molar-refractivity contribution in [3.8, 4) is 6.07 Å². The Morgan fingerprint density at radius 1 is 1.41 bits per heavy atom. The van der Waals surface area contributed by atoms with Crippen LogP contribution in [0, 0.1) is 16.7 Å².